The van der Waals surface area contributed by atoms with Crippen molar-refractivity contribution in [1.29, 1.82) is 5.26 Å². The van der Waals surface area contributed by atoms with Crippen LogP contribution in [0, 0.1) is 11.3 Å². The normalized spacial score (nSPS) is 21.2. The Morgan fingerprint density at radius 3 is 2.50 bits per heavy atom. The first kappa shape index (κ1) is 17.9. The van der Waals surface area contributed by atoms with Gasteiger partial charge in [0.05, 0.1) is 18.0 Å². The van der Waals surface area contributed by atoms with E-state index in [0.29, 0.717) is 6.20 Å². The first-order valence-electron chi connectivity index (χ1n) is 6.90. The lowest BCUT2D eigenvalue weighted by Crippen LogP contribution is -2.25. The van der Waals surface area contributed by atoms with E-state index in [2.05, 4.69) is 9.97 Å². The summed E-state index contributed by atoms with van der Waals surface area (Å²) in [6.45, 7) is 0. The Hall–Kier alpha value is -2.87. The highest BCUT2D eigenvalue weighted by atomic mass is 19.4. The summed E-state index contributed by atoms with van der Waals surface area (Å²) in [7, 11) is 0. The number of rotatable bonds is 2. The zero-order valence-corrected chi connectivity index (χ0v) is 12.4. The second kappa shape index (κ2) is 5.84. The number of fused-ring (bicyclic) bond motifs is 1. The third kappa shape index (κ3) is 2.72. The summed E-state index contributed by atoms with van der Waals surface area (Å²) in [4.78, 5) is 6.64. The summed E-state index contributed by atoms with van der Waals surface area (Å²) in [6.07, 6.45) is -8.84. The van der Waals surface area contributed by atoms with Crippen LogP contribution in [-0.2, 0) is 6.18 Å². The van der Waals surface area contributed by atoms with Crippen LogP contribution in [0.5, 0.6) is 11.5 Å². The molecule has 26 heavy (non-hydrogen) atoms. The molecule has 2 heterocycles. The molecule has 0 saturated heterocycles. The Bertz CT molecular complexity index is 909. The topological polar surface area (TPSA) is 79.0 Å². The molecule has 0 aliphatic heterocycles. The van der Waals surface area contributed by atoms with Crippen LogP contribution in [0.1, 0.15) is 34.7 Å². The number of alkyl halides is 6. The second-order valence-electron chi connectivity index (χ2n) is 5.36. The van der Waals surface area contributed by atoms with Crippen LogP contribution >= 0.6 is 0 Å². The van der Waals surface area contributed by atoms with Crippen molar-refractivity contribution in [2.75, 3.05) is 0 Å². The molecular formula is C15H7F6N3O2. The molecule has 11 heteroatoms. The van der Waals surface area contributed by atoms with Gasteiger partial charge in [-0.15, -0.1) is 0 Å². The van der Waals surface area contributed by atoms with E-state index in [4.69, 9.17) is 10.00 Å². The van der Waals surface area contributed by atoms with Gasteiger partial charge in [-0.1, -0.05) is 0 Å². The quantitative estimate of drug-likeness (QED) is 0.807. The molecule has 0 spiro atoms. The van der Waals surface area contributed by atoms with E-state index >= 15 is 0 Å². The number of hydrogen-bond donors (Lipinski definition) is 1. The van der Waals surface area contributed by atoms with Crippen molar-refractivity contribution in [3.63, 3.8) is 0 Å². The van der Waals surface area contributed by atoms with Gasteiger partial charge < -0.3 is 9.84 Å². The van der Waals surface area contributed by atoms with Crippen LogP contribution in [0.25, 0.3) is 0 Å². The van der Waals surface area contributed by atoms with E-state index in [0.717, 1.165) is 18.5 Å². The molecule has 0 fully saturated rings. The number of aliphatic hydroxyl groups is 1. The minimum Gasteiger partial charge on any atom is -0.454 e. The van der Waals surface area contributed by atoms with Gasteiger partial charge in [0, 0.05) is 23.4 Å². The molecule has 1 N–H and O–H groups in total. The molecule has 2 aromatic heterocycles. The molecule has 0 saturated carbocycles. The lowest BCUT2D eigenvalue weighted by atomic mass is 10.1. The van der Waals surface area contributed by atoms with Gasteiger partial charge in [0.1, 0.15) is 17.9 Å². The fourth-order valence-corrected chi connectivity index (χ4v) is 2.55. The summed E-state index contributed by atoms with van der Waals surface area (Å²) in [5.74, 6) is -5.44. The Morgan fingerprint density at radius 1 is 1.19 bits per heavy atom. The molecule has 5 nitrogen and oxygen atoms in total. The lowest BCUT2D eigenvalue weighted by Gasteiger charge is -2.16. The summed E-state index contributed by atoms with van der Waals surface area (Å²) >= 11 is 0. The molecule has 0 unspecified atom stereocenters. The molecule has 0 aromatic carbocycles. The molecule has 136 valence electrons. The number of aromatic nitrogens is 2. The second-order valence-corrected chi connectivity index (χ2v) is 5.36. The van der Waals surface area contributed by atoms with Crippen molar-refractivity contribution >= 4 is 0 Å². The van der Waals surface area contributed by atoms with Crippen LogP contribution in [0.3, 0.4) is 0 Å². The van der Waals surface area contributed by atoms with E-state index in [9.17, 15) is 31.4 Å². The molecule has 3 rings (SSSR count). The number of pyridine rings is 2. The molecule has 1 aliphatic carbocycles. The largest absolute Gasteiger partial charge is 0.454 e. The minimum atomic E-state index is -5.19. The third-order valence-electron chi connectivity index (χ3n) is 3.69. The maximum absolute atomic E-state index is 14.2. The number of ether oxygens (including phenoxy) is 1. The standard InChI is InChI=1S/C15H7F6N3O2/c16-11-9-8(26-7-1-6(2-22)3-23-4-7)5-24-12(15(19,20)21)10(9)13(25)14(11,17)18/h1,3-5,11,13,25H/t11-,13+/m1/s1. The SMILES string of the molecule is N#Cc1cncc(Oc2cnc(C(F)(F)F)c3c2[C@@H](F)C(F)(F)[C@H]3O)c1. The molecule has 0 radical (unpaired) electrons. The molecule has 2 atom stereocenters. The maximum Gasteiger partial charge on any atom is 0.433 e. The van der Waals surface area contributed by atoms with Gasteiger partial charge in [-0.05, 0) is 0 Å². The van der Waals surface area contributed by atoms with E-state index in [-0.39, 0.29) is 11.3 Å². The van der Waals surface area contributed by atoms with Gasteiger partial charge in [0.2, 0.25) is 0 Å². The van der Waals surface area contributed by atoms with Crippen LogP contribution in [0.15, 0.2) is 24.7 Å². The Balaban J connectivity index is 2.16. The molecule has 0 amide bonds. The fourth-order valence-electron chi connectivity index (χ4n) is 2.55. The predicted octanol–water partition coefficient (Wildman–Crippen LogP) is 3.85. The molecule has 0 bridgehead atoms. The van der Waals surface area contributed by atoms with Gasteiger partial charge in [0.15, 0.2) is 17.6 Å². The first-order chi connectivity index (χ1) is 12.1. The van der Waals surface area contributed by atoms with Crippen LogP contribution in [-0.4, -0.2) is 21.0 Å². The smallest absolute Gasteiger partial charge is 0.433 e. The third-order valence-corrected chi connectivity index (χ3v) is 3.69. The highest BCUT2D eigenvalue weighted by Gasteiger charge is 2.60. The monoisotopic (exact) mass is 375 g/mol. The molecule has 2 aromatic rings. The van der Waals surface area contributed by atoms with E-state index < -0.39 is 46.9 Å². The van der Waals surface area contributed by atoms with Crippen LogP contribution in [0.4, 0.5) is 26.3 Å². The number of halogens is 6. The van der Waals surface area contributed by atoms with Gasteiger partial charge in [0.25, 0.3) is 0 Å². The van der Waals surface area contributed by atoms with Gasteiger partial charge in [-0.3, -0.25) is 4.98 Å². The van der Waals surface area contributed by atoms with E-state index in [1.807, 2.05) is 0 Å². The van der Waals surface area contributed by atoms with Crippen molar-refractivity contribution in [2.24, 2.45) is 0 Å². The van der Waals surface area contributed by atoms with Gasteiger partial charge in [-0.2, -0.15) is 27.2 Å². The number of aliphatic hydroxyl groups excluding tert-OH is 1. The fraction of sp³-hybridized carbons (Fsp3) is 0.267. The Kier molecular flexibility index (Phi) is 4.03. The maximum atomic E-state index is 14.2. The molecular weight excluding hydrogens is 368 g/mol. The highest BCUT2D eigenvalue weighted by Crippen LogP contribution is 2.57. The van der Waals surface area contributed by atoms with Gasteiger partial charge in [-0.25, -0.2) is 9.37 Å². The van der Waals surface area contributed by atoms with Crippen molar-refractivity contribution in [3.8, 4) is 17.6 Å². The lowest BCUT2D eigenvalue weighted by molar-refractivity contribution is -0.154. The molecule has 1 aliphatic rings. The Labute approximate surface area is 141 Å². The Morgan fingerprint density at radius 2 is 1.88 bits per heavy atom. The zero-order valence-electron chi connectivity index (χ0n) is 12.4. The summed E-state index contributed by atoms with van der Waals surface area (Å²) < 4.78 is 86.0. The summed E-state index contributed by atoms with van der Waals surface area (Å²) in [5.41, 5.74) is -4.33. The highest BCUT2D eigenvalue weighted by molar-refractivity contribution is 5.52. The van der Waals surface area contributed by atoms with Gasteiger partial charge >= 0.3 is 12.1 Å². The first-order valence-corrected chi connectivity index (χ1v) is 6.90. The van der Waals surface area contributed by atoms with E-state index in [1.54, 1.807) is 6.07 Å². The number of hydrogen-bond acceptors (Lipinski definition) is 5. The number of nitrogens with zero attached hydrogens (tertiary/aromatic N) is 3. The zero-order chi connectivity index (χ0) is 19.3. The van der Waals surface area contributed by atoms with E-state index in [1.165, 1.54) is 0 Å². The summed E-state index contributed by atoms with van der Waals surface area (Å²) in [6, 6.07) is 2.84. The van der Waals surface area contributed by atoms with Crippen LogP contribution < -0.4 is 4.74 Å². The van der Waals surface area contributed by atoms with Crippen molar-refractivity contribution in [1.82, 2.24) is 9.97 Å². The summed E-state index contributed by atoms with van der Waals surface area (Å²) in [5, 5.41) is 18.3. The van der Waals surface area contributed by atoms with Crippen molar-refractivity contribution in [2.45, 2.75) is 24.4 Å². The van der Waals surface area contributed by atoms with Crippen molar-refractivity contribution in [3.05, 3.63) is 47.0 Å². The van der Waals surface area contributed by atoms with Crippen LogP contribution in [0.2, 0.25) is 0 Å². The van der Waals surface area contributed by atoms with Crippen molar-refractivity contribution < 1.29 is 36.2 Å². The average molecular weight is 375 g/mol. The number of nitriles is 1. The minimum absolute atomic E-state index is 0.0150. The average Bonchev–Trinajstić information content (AvgIpc) is 2.75. The predicted molar refractivity (Wildman–Crippen MR) is 72.0 cm³/mol.